The Morgan fingerprint density at radius 3 is 1.64 bits per heavy atom. The second-order valence-corrected chi connectivity index (χ2v) is 14.6. The fraction of sp³-hybridized carbons (Fsp3) is 0.905. The molecule has 56 heavy (non-hydrogen) atoms. The number of ether oxygens (including phenoxy) is 10. The standard InChI is InChI=1S/C10H18O4.C10H16O3.C9H18O4.C9H16O3.4CH4/c1-12-5-7-6-3-10(11)14-9(6)4-8(7)13-2;1-11-6-8-7-3-4-13-10(7)5-9(8)12-2;1-12-5-7-6(4-10)8(11)3-9(7)13-2;1-6-7(5-11-2)9(12-3)4-8(6)10;;;;/h6-11H,3-5H2,1-2H3;3-4,7-10H,5-6H2,1-2H3;6-11H,3-5H2,1-2H3;7-10H,1,4-5H2,2-3H3;4*1H4/t6?,7-,8-,9+,10?;7?,8-,9-,10+;6?,7-,8+,9-;7-,8+,9-;;;;/m0000..../s1. The lowest BCUT2D eigenvalue weighted by Gasteiger charge is -2.22. The Bertz CT molecular complexity index is 1030. The Kier molecular flexibility index (Phi) is 29.5. The van der Waals surface area contributed by atoms with E-state index in [1.165, 1.54) is 0 Å². The molecule has 6 aliphatic rings. The van der Waals surface area contributed by atoms with Crippen molar-refractivity contribution in [3.63, 3.8) is 0 Å². The minimum Gasteiger partial charge on any atom is -0.498 e. The van der Waals surface area contributed by atoms with Crippen LogP contribution >= 0.6 is 0 Å². The maximum absolute atomic E-state index is 9.59. The molecule has 14 heteroatoms. The van der Waals surface area contributed by atoms with Gasteiger partial charge in [0.15, 0.2) is 6.29 Å². The van der Waals surface area contributed by atoms with Gasteiger partial charge in [0.25, 0.3) is 0 Å². The summed E-state index contributed by atoms with van der Waals surface area (Å²) in [4.78, 5) is 0. The fourth-order valence-corrected chi connectivity index (χ4v) is 8.99. The second kappa shape index (κ2) is 29.1. The van der Waals surface area contributed by atoms with Crippen molar-refractivity contribution in [3.05, 3.63) is 24.5 Å². The van der Waals surface area contributed by atoms with E-state index >= 15 is 0 Å². The van der Waals surface area contributed by atoms with Gasteiger partial charge in [-0.3, -0.25) is 0 Å². The van der Waals surface area contributed by atoms with Crippen molar-refractivity contribution in [2.75, 3.05) is 89.9 Å². The van der Waals surface area contributed by atoms with Crippen molar-refractivity contribution < 1.29 is 67.8 Å². The van der Waals surface area contributed by atoms with Crippen LogP contribution in [0.2, 0.25) is 0 Å². The molecule has 1 saturated heterocycles. The zero-order valence-electron chi connectivity index (χ0n) is 32.5. The maximum atomic E-state index is 9.59. The van der Waals surface area contributed by atoms with Gasteiger partial charge in [-0.15, -0.1) is 0 Å². The molecule has 6 rings (SSSR count). The average Bonchev–Trinajstić information content (AvgIpc) is 3.98. The largest absolute Gasteiger partial charge is 0.498 e. The van der Waals surface area contributed by atoms with Gasteiger partial charge in [-0.25, -0.2) is 0 Å². The van der Waals surface area contributed by atoms with E-state index in [1.54, 1.807) is 56.9 Å². The van der Waals surface area contributed by atoms with Gasteiger partial charge >= 0.3 is 0 Å². The summed E-state index contributed by atoms with van der Waals surface area (Å²) in [5.41, 5.74) is 0.837. The molecule has 0 aromatic carbocycles. The van der Waals surface area contributed by atoms with Gasteiger partial charge < -0.3 is 67.8 Å². The third-order valence-electron chi connectivity index (χ3n) is 11.8. The number of methoxy groups -OCH3 is 8. The third kappa shape index (κ3) is 14.5. The van der Waals surface area contributed by atoms with Crippen LogP contribution < -0.4 is 0 Å². The van der Waals surface area contributed by atoms with Crippen molar-refractivity contribution in [3.8, 4) is 0 Å². The lowest BCUT2D eigenvalue weighted by Crippen LogP contribution is -2.29. The number of hydrogen-bond acceptors (Lipinski definition) is 14. The van der Waals surface area contributed by atoms with Crippen molar-refractivity contribution in [1.82, 2.24) is 0 Å². The summed E-state index contributed by atoms with van der Waals surface area (Å²) in [5.74, 6) is 1.86. The number of fused-ring (bicyclic) bond motifs is 2. The van der Waals surface area contributed by atoms with Crippen LogP contribution in [-0.4, -0.2) is 165 Å². The predicted octanol–water partition coefficient (Wildman–Crippen LogP) is 4.35. The highest BCUT2D eigenvalue weighted by Crippen LogP contribution is 2.44. The molecule has 4 unspecified atom stereocenters. The monoisotopic (exact) mass is 813 g/mol. The first kappa shape index (κ1) is 56.9. The van der Waals surface area contributed by atoms with Gasteiger partial charge in [-0.1, -0.05) is 36.3 Å². The van der Waals surface area contributed by atoms with Crippen LogP contribution in [0.15, 0.2) is 24.5 Å². The van der Waals surface area contributed by atoms with E-state index in [1.807, 2.05) is 6.26 Å². The van der Waals surface area contributed by atoms with Gasteiger partial charge in [-0.05, 0) is 17.6 Å². The van der Waals surface area contributed by atoms with Crippen LogP contribution in [0.4, 0.5) is 0 Å². The Balaban J connectivity index is 0. The van der Waals surface area contributed by atoms with Crippen LogP contribution in [0.25, 0.3) is 0 Å². The second-order valence-electron chi connectivity index (χ2n) is 14.6. The van der Waals surface area contributed by atoms with Crippen molar-refractivity contribution in [1.29, 1.82) is 0 Å². The Labute approximate surface area is 340 Å². The highest BCUT2D eigenvalue weighted by Gasteiger charge is 2.49. The summed E-state index contributed by atoms with van der Waals surface area (Å²) >= 11 is 0. The van der Waals surface area contributed by atoms with Gasteiger partial charge in [0.1, 0.15) is 6.10 Å². The average molecular weight is 813 g/mol. The summed E-state index contributed by atoms with van der Waals surface area (Å²) in [6.45, 7) is 6.37. The Morgan fingerprint density at radius 2 is 1.11 bits per heavy atom. The first-order chi connectivity index (χ1) is 25.1. The zero-order chi connectivity index (χ0) is 38.4. The molecular weight excluding hydrogens is 728 g/mol. The van der Waals surface area contributed by atoms with Gasteiger partial charge in [0.2, 0.25) is 0 Å². The Morgan fingerprint density at radius 1 is 0.607 bits per heavy atom. The third-order valence-corrected chi connectivity index (χ3v) is 11.8. The van der Waals surface area contributed by atoms with Crippen LogP contribution in [0.1, 0.15) is 61.8 Å². The van der Waals surface area contributed by atoms with Crippen molar-refractivity contribution in [2.24, 2.45) is 41.4 Å². The van der Waals surface area contributed by atoms with Crippen LogP contribution in [0.5, 0.6) is 0 Å². The molecule has 4 N–H and O–H groups in total. The van der Waals surface area contributed by atoms with E-state index < -0.39 is 18.5 Å². The first-order valence-electron chi connectivity index (χ1n) is 18.5. The molecule has 0 spiro atoms. The van der Waals surface area contributed by atoms with E-state index in [0.29, 0.717) is 68.5 Å². The molecule has 0 bridgehead atoms. The highest BCUT2D eigenvalue weighted by atomic mass is 16.6. The molecule has 0 aromatic heterocycles. The van der Waals surface area contributed by atoms with E-state index in [9.17, 15) is 15.3 Å². The number of hydrogen-bond donors (Lipinski definition) is 4. The van der Waals surface area contributed by atoms with Crippen LogP contribution in [-0.2, 0) is 47.4 Å². The van der Waals surface area contributed by atoms with Gasteiger partial charge in [-0.2, -0.15) is 0 Å². The molecule has 4 saturated carbocycles. The summed E-state index contributed by atoms with van der Waals surface area (Å²) in [6.07, 6.45) is 7.37. The van der Waals surface area contributed by atoms with Crippen molar-refractivity contribution >= 4 is 0 Å². The molecule has 2 aliphatic heterocycles. The van der Waals surface area contributed by atoms with Crippen LogP contribution in [0.3, 0.4) is 0 Å². The molecule has 0 radical (unpaired) electrons. The molecule has 4 aliphatic carbocycles. The van der Waals surface area contributed by atoms with E-state index in [0.717, 1.165) is 31.4 Å². The number of rotatable bonds is 13. The molecule has 336 valence electrons. The topological polar surface area (TPSA) is 173 Å². The zero-order valence-corrected chi connectivity index (χ0v) is 32.5. The lowest BCUT2D eigenvalue weighted by atomic mass is 9.93. The minimum atomic E-state index is -0.581. The van der Waals surface area contributed by atoms with E-state index in [-0.39, 0.29) is 78.5 Å². The highest BCUT2D eigenvalue weighted by molar-refractivity contribution is 5.16. The molecule has 0 amide bonds. The maximum Gasteiger partial charge on any atom is 0.155 e. The molecule has 2 heterocycles. The molecule has 5 fully saturated rings. The van der Waals surface area contributed by atoms with Crippen molar-refractivity contribution in [2.45, 2.75) is 117 Å². The first-order valence-corrected chi connectivity index (χ1v) is 18.5. The van der Waals surface area contributed by atoms with Gasteiger partial charge in [0, 0.05) is 131 Å². The fourth-order valence-electron chi connectivity index (χ4n) is 8.99. The molecule has 16 atom stereocenters. The van der Waals surface area contributed by atoms with Gasteiger partial charge in [0.05, 0.1) is 75.4 Å². The quantitative estimate of drug-likeness (QED) is 0.193. The summed E-state index contributed by atoms with van der Waals surface area (Å²) < 4.78 is 52.6. The normalized spacial score (nSPS) is 38.4. The predicted molar refractivity (Wildman–Crippen MR) is 218 cm³/mol. The molecular formula is C42H84O14. The smallest absolute Gasteiger partial charge is 0.155 e. The molecule has 14 nitrogen and oxygen atoms in total. The van der Waals surface area contributed by atoms with E-state index in [2.05, 4.69) is 12.7 Å². The lowest BCUT2D eigenvalue weighted by molar-refractivity contribution is -0.0970. The number of aliphatic hydroxyl groups is 4. The van der Waals surface area contributed by atoms with Crippen LogP contribution in [0, 0.1) is 41.4 Å². The van der Waals surface area contributed by atoms with E-state index in [4.69, 9.17) is 52.5 Å². The summed E-state index contributed by atoms with van der Waals surface area (Å²) in [6, 6.07) is 0. The SMILES string of the molecule is C.C.C.C.C=C1[C@H](O)C[C@H](OC)[C@H]1COC.COC[C@H]1C(CO)[C@H](O)C[C@@H]1OC.COC[C@H]1C2C=CO[C@@H]2C[C@@H]1OC.COC[C@H]1C2CC(O)O[C@@H]2C[C@@H]1OC. The summed E-state index contributed by atoms with van der Waals surface area (Å²) in [7, 11) is 13.5. The molecule has 0 aromatic rings. The Hall–Kier alpha value is -1.24. The minimum absolute atomic E-state index is 0. The summed E-state index contributed by atoms with van der Waals surface area (Å²) in [5, 5.41) is 37.5. The number of aliphatic hydroxyl groups excluding tert-OH is 4.